The van der Waals surface area contributed by atoms with Crippen molar-refractivity contribution in [3.63, 3.8) is 0 Å². The molecule has 0 unspecified atom stereocenters. The molecule has 0 atom stereocenters. The Morgan fingerprint density at radius 1 is 1.21 bits per heavy atom. The molecule has 0 aliphatic heterocycles. The van der Waals surface area contributed by atoms with Crippen LogP contribution in [0.15, 0.2) is 49.3 Å². The van der Waals surface area contributed by atoms with Crippen LogP contribution in [0.1, 0.15) is 11.1 Å². The monoisotopic (exact) mass is 345 g/mol. The molecule has 0 aliphatic rings. The van der Waals surface area contributed by atoms with E-state index in [-0.39, 0.29) is 0 Å². The lowest BCUT2D eigenvalue weighted by Crippen LogP contribution is -2.12. The first kappa shape index (κ1) is 16.1. The lowest BCUT2D eigenvalue weighted by molar-refractivity contribution is 0.284. The van der Waals surface area contributed by atoms with Crippen molar-refractivity contribution in [2.45, 2.75) is 13.2 Å². The molecule has 0 saturated carbocycles. The number of hydrogen-bond donors (Lipinski definition) is 1. The summed E-state index contributed by atoms with van der Waals surface area (Å²) in [5, 5.41) is 7.94. The van der Waals surface area contributed by atoms with Crippen molar-refractivity contribution in [2.24, 2.45) is 0 Å². The van der Waals surface area contributed by atoms with Crippen LogP contribution in [-0.2, 0) is 13.2 Å². The van der Waals surface area contributed by atoms with E-state index >= 15 is 0 Å². The fourth-order valence-corrected chi connectivity index (χ4v) is 2.41. The number of benzene rings is 1. The number of ether oxygens (including phenoxy) is 2. The molecule has 0 aliphatic carbocycles. The summed E-state index contributed by atoms with van der Waals surface area (Å²) in [6, 6.07) is 7.50. The highest BCUT2D eigenvalue weighted by Gasteiger charge is 2.12. The minimum Gasteiger partial charge on any atom is -0.493 e. The van der Waals surface area contributed by atoms with Crippen LogP contribution in [0.25, 0.3) is 0 Å². The molecule has 0 spiro atoms. The fraction of sp³-hybridized carbons (Fsp3) is 0.188. The molecule has 1 aromatic carbocycles. The van der Waals surface area contributed by atoms with E-state index in [1.54, 1.807) is 36.8 Å². The van der Waals surface area contributed by atoms with Crippen LogP contribution in [-0.4, -0.2) is 27.0 Å². The molecule has 0 bridgehead atoms. The van der Waals surface area contributed by atoms with E-state index in [4.69, 9.17) is 21.1 Å². The predicted octanol–water partition coefficient (Wildman–Crippen LogP) is 2.66. The lowest BCUT2D eigenvalue weighted by Gasteiger charge is -2.15. The minimum absolute atomic E-state index is 0.363. The molecule has 124 valence electrons. The van der Waals surface area contributed by atoms with Gasteiger partial charge in [-0.2, -0.15) is 0 Å². The molecule has 24 heavy (non-hydrogen) atoms. The summed E-state index contributed by atoms with van der Waals surface area (Å²) in [7, 11) is 1.58. The molecule has 0 amide bonds. The Labute approximate surface area is 144 Å². The zero-order valence-corrected chi connectivity index (χ0v) is 13.8. The highest BCUT2D eigenvalue weighted by Crippen LogP contribution is 2.37. The van der Waals surface area contributed by atoms with Crippen LogP contribution in [0, 0.1) is 0 Å². The fourth-order valence-electron chi connectivity index (χ4n) is 2.12. The molecule has 3 rings (SSSR count). The third-order valence-electron chi connectivity index (χ3n) is 3.28. The molecule has 2 aromatic heterocycles. The van der Waals surface area contributed by atoms with Gasteiger partial charge in [0.2, 0.25) is 0 Å². The summed E-state index contributed by atoms with van der Waals surface area (Å²) in [5.74, 6) is 1.09. The number of nitrogens with zero attached hydrogens (tertiary/aromatic N) is 4. The van der Waals surface area contributed by atoms with Gasteiger partial charge in [-0.05, 0) is 23.8 Å². The van der Waals surface area contributed by atoms with E-state index in [2.05, 4.69) is 20.6 Å². The maximum Gasteiger partial charge on any atom is 0.180 e. The number of pyridine rings is 1. The van der Waals surface area contributed by atoms with Gasteiger partial charge < -0.3 is 14.9 Å². The van der Waals surface area contributed by atoms with Crippen LogP contribution < -0.4 is 14.9 Å². The SMILES string of the molecule is COc1cc(CNn2cnnc2)cc(Cl)c1OCc1cccnc1. The van der Waals surface area contributed by atoms with E-state index in [1.165, 1.54) is 0 Å². The maximum absolute atomic E-state index is 6.36. The first-order valence-electron chi connectivity index (χ1n) is 7.23. The molecule has 3 aromatic rings. The van der Waals surface area contributed by atoms with Crippen molar-refractivity contribution in [1.29, 1.82) is 0 Å². The summed E-state index contributed by atoms with van der Waals surface area (Å²) in [5.41, 5.74) is 5.02. The van der Waals surface area contributed by atoms with E-state index < -0.39 is 0 Å². The van der Waals surface area contributed by atoms with Gasteiger partial charge in [0.25, 0.3) is 0 Å². The Balaban J connectivity index is 1.72. The second kappa shape index (κ2) is 7.65. The molecule has 0 saturated heterocycles. The van der Waals surface area contributed by atoms with Gasteiger partial charge >= 0.3 is 0 Å². The predicted molar refractivity (Wildman–Crippen MR) is 89.7 cm³/mol. The standard InChI is InChI=1S/C16H16ClN5O2/c1-23-15-6-13(8-21-22-10-19-20-11-22)5-14(17)16(15)24-9-12-3-2-4-18-7-12/h2-7,10-11,21H,8-9H2,1H3. The Bertz CT molecular complexity index is 781. The van der Waals surface area contributed by atoms with E-state index in [0.29, 0.717) is 29.7 Å². The number of hydrogen-bond acceptors (Lipinski definition) is 6. The quantitative estimate of drug-likeness (QED) is 0.709. The average molecular weight is 346 g/mol. The van der Waals surface area contributed by atoms with Crippen LogP contribution in [0.2, 0.25) is 5.02 Å². The van der Waals surface area contributed by atoms with Gasteiger partial charge in [0, 0.05) is 18.0 Å². The summed E-state index contributed by atoms with van der Waals surface area (Å²) in [4.78, 5) is 4.06. The number of methoxy groups -OCH3 is 1. The van der Waals surface area contributed by atoms with Crippen LogP contribution in [0.5, 0.6) is 11.5 Å². The third kappa shape index (κ3) is 3.94. The summed E-state index contributed by atoms with van der Waals surface area (Å²) in [6.07, 6.45) is 6.61. The van der Waals surface area contributed by atoms with Crippen molar-refractivity contribution in [2.75, 3.05) is 12.5 Å². The Hall–Kier alpha value is -2.80. The number of nitrogens with one attached hydrogen (secondary N) is 1. The topological polar surface area (TPSA) is 74.1 Å². The second-order valence-corrected chi connectivity index (χ2v) is 5.37. The highest BCUT2D eigenvalue weighted by atomic mass is 35.5. The van der Waals surface area contributed by atoms with Gasteiger partial charge in [-0.3, -0.25) is 4.98 Å². The van der Waals surface area contributed by atoms with Crippen molar-refractivity contribution in [3.05, 3.63) is 65.5 Å². The Morgan fingerprint density at radius 2 is 2.04 bits per heavy atom. The van der Waals surface area contributed by atoms with Crippen LogP contribution >= 0.6 is 11.6 Å². The number of rotatable bonds is 7. The molecular formula is C16H16ClN5O2. The molecule has 1 N–H and O–H groups in total. The zero-order valence-electron chi connectivity index (χ0n) is 13.0. The van der Waals surface area contributed by atoms with Crippen molar-refractivity contribution < 1.29 is 9.47 Å². The average Bonchev–Trinajstić information content (AvgIpc) is 3.13. The second-order valence-electron chi connectivity index (χ2n) is 4.96. The van der Waals surface area contributed by atoms with E-state index in [0.717, 1.165) is 11.1 Å². The molecule has 7 nitrogen and oxygen atoms in total. The minimum atomic E-state index is 0.363. The largest absolute Gasteiger partial charge is 0.493 e. The Morgan fingerprint density at radius 3 is 2.75 bits per heavy atom. The van der Waals surface area contributed by atoms with Gasteiger partial charge in [-0.15, -0.1) is 10.2 Å². The Kier molecular flexibility index (Phi) is 5.12. The van der Waals surface area contributed by atoms with Gasteiger partial charge in [-0.1, -0.05) is 17.7 Å². The van der Waals surface area contributed by atoms with Crippen molar-refractivity contribution in [1.82, 2.24) is 19.9 Å². The summed E-state index contributed by atoms with van der Waals surface area (Å²) < 4.78 is 12.9. The van der Waals surface area contributed by atoms with Gasteiger partial charge in [-0.25, -0.2) is 4.68 Å². The van der Waals surface area contributed by atoms with Crippen LogP contribution in [0.3, 0.4) is 0 Å². The van der Waals surface area contributed by atoms with Gasteiger partial charge in [0.15, 0.2) is 11.5 Å². The highest BCUT2D eigenvalue weighted by molar-refractivity contribution is 6.32. The smallest absolute Gasteiger partial charge is 0.180 e. The normalized spacial score (nSPS) is 10.4. The molecule has 0 radical (unpaired) electrons. The molecule has 8 heteroatoms. The van der Waals surface area contributed by atoms with Crippen molar-refractivity contribution >= 4 is 11.6 Å². The third-order valence-corrected chi connectivity index (χ3v) is 3.56. The molecule has 2 heterocycles. The first-order chi connectivity index (χ1) is 11.8. The van der Waals surface area contributed by atoms with Gasteiger partial charge in [0.1, 0.15) is 19.3 Å². The summed E-state index contributed by atoms with van der Waals surface area (Å²) in [6.45, 7) is 0.902. The first-order valence-corrected chi connectivity index (χ1v) is 7.60. The number of aromatic nitrogens is 4. The maximum atomic E-state index is 6.36. The molecular weight excluding hydrogens is 330 g/mol. The van der Waals surface area contributed by atoms with Crippen molar-refractivity contribution in [3.8, 4) is 11.5 Å². The molecule has 0 fully saturated rings. The van der Waals surface area contributed by atoms with E-state index in [1.807, 2.05) is 24.3 Å². The van der Waals surface area contributed by atoms with E-state index in [9.17, 15) is 0 Å². The zero-order chi connectivity index (χ0) is 16.8. The van der Waals surface area contributed by atoms with Gasteiger partial charge in [0.05, 0.1) is 18.7 Å². The summed E-state index contributed by atoms with van der Waals surface area (Å²) >= 11 is 6.36. The van der Waals surface area contributed by atoms with Crippen LogP contribution in [0.4, 0.5) is 0 Å². The number of halogens is 1. The lowest BCUT2D eigenvalue weighted by atomic mass is 10.2.